The van der Waals surface area contributed by atoms with Gasteiger partial charge >= 0.3 is 5.97 Å². The summed E-state index contributed by atoms with van der Waals surface area (Å²) >= 11 is 0. The van der Waals surface area contributed by atoms with Crippen molar-refractivity contribution < 1.29 is 23.6 Å². The first-order chi connectivity index (χ1) is 12.3. The van der Waals surface area contributed by atoms with Gasteiger partial charge in [-0.25, -0.2) is 4.39 Å². The van der Waals surface area contributed by atoms with Crippen LogP contribution in [0.15, 0.2) is 22.7 Å². The number of benzene rings is 1. The highest BCUT2D eigenvalue weighted by Crippen LogP contribution is 2.19. The predicted octanol–water partition coefficient (Wildman–Crippen LogP) is 2.83. The number of nitrogens with zero attached hydrogens (tertiary/aromatic N) is 3. The number of rotatable bonds is 8. The molecule has 2 aromatic rings. The monoisotopic (exact) mass is 363 g/mol. The quantitative estimate of drug-likeness (QED) is 0.775. The molecule has 0 aliphatic carbocycles. The van der Waals surface area contributed by atoms with Crippen molar-refractivity contribution in [1.82, 2.24) is 15.0 Å². The highest BCUT2D eigenvalue weighted by molar-refractivity contribution is 5.81. The van der Waals surface area contributed by atoms with Gasteiger partial charge in [0, 0.05) is 24.4 Å². The highest BCUT2D eigenvalue weighted by Gasteiger charge is 2.22. The molecule has 1 amide bonds. The molecular formula is C18H22FN3O4. The molecule has 140 valence electrons. The van der Waals surface area contributed by atoms with E-state index in [1.807, 2.05) is 13.8 Å². The average molecular weight is 363 g/mol. The molecule has 26 heavy (non-hydrogen) atoms. The van der Waals surface area contributed by atoms with E-state index < -0.39 is 5.97 Å². The number of aryl methyl sites for hydroxylation is 2. The molecule has 0 saturated heterocycles. The van der Waals surface area contributed by atoms with E-state index in [2.05, 4.69) is 10.1 Å². The fourth-order valence-corrected chi connectivity index (χ4v) is 2.47. The van der Waals surface area contributed by atoms with Crippen LogP contribution in [0.3, 0.4) is 0 Å². The smallest absolute Gasteiger partial charge is 0.323 e. The van der Waals surface area contributed by atoms with E-state index in [0.717, 1.165) is 0 Å². The molecule has 1 heterocycles. The van der Waals surface area contributed by atoms with Crippen molar-refractivity contribution in [2.75, 3.05) is 6.54 Å². The second-order valence-corrected chi connectivity index (χ2v) is 6.15. The van der Waals surface area contributed by atoms with Gasteiger partial charge in [-0.05, 0) is 44.0 Å². The molecule has 1 aromatic heterocycles. The summed E-state index contributed by atoms with van der Waals surface area (Å²) in [4.78, 5) is 28.9. The van der Waals surface area contributed by atoms with E-state index in [0.29, 0.717) is 23.4 Å². The van der Waals surface area contributed by atoms with Crippen molar-refractivity contribution in [2.24, 2.45) is 0 Å². The number of aromatic nitrogens is 2. The van der Waals surface area contributed by atoms with Crippen LogP contribution >= 0.6 is 0 Å². The summed E-state index contributed by atoms with van der Waals surface area (Å²) in [6.07, 6.45) is 0.938. The summed E-state index contributed by atoms with van der Waals surface area (Å²) in [6.45, 7) is 5.01. The first-order valence-electron chi connectivity index (χ1n) is 8.42. The Morgan fingerprint density at radius 1 is 1.38 bits per heavy atom. The summed E-state index contributed by atoms with van der Waals surface area (Å²) < 4.78 is 18.5. The highest BCUT2D eigenvalue weighted by atomic mass is 19.1. The van der Waals surface area contributed by atoms with Crippen molar-refractivity contribution in [1.29, 1.82) is 0 Å². The van der Waals surface area contributed by atoms with Crippen LogP contribution in [-0.2, 0) is 16.0 Å². The third kappa shape index (κ3) is 4.87. The van der Waals surface area contributed by atoms with E-state index in [1.54, 1.807) is 19.1 Å². The molecule has 0 fully saturated rings. The maximum atomic E-state index is 13.3. The van der Waals surface area contributed by atoms with Crippen LogP contribution in [0.2, 0.25) is 0 Å². The summed E-state index contributed by atoms with van der Waals surface area (Å²) in [5, 5.41) is 12.8. The van der Waals surface area contributed by atoms with E-state index in [1.165, 1.54) is 11.0 Å². The summed E-state index contributed by atoms with van der Waals surface area (Å²) in [7, 11) is 0. The maximum absolute atomic E-state index is 13.3. The van der Waals surface area contributed by atoms with Crippen molar-refractivity contribution in [3.05, 3.63) is 35.5 Å². The Labute approximate surface area is 150 Å². The predicted molar refractivity (Wildman–Crippen MR) is 91.9 cm³/mol. The van der Waals surface area contributed by atoms with Gasteiger partial charge in [0.2, 0.25) is 17.6 Å². The van der Waals surface area contributed by atoms with Gasteiger partial charge in [-0.2, -0.15) is 4.98 Å². The summed E-state index contributed by atoms with van der Waals surface area (Å²) in [5.41, 5.74) is 1.10. The van der Waals surface area contributed by atoms with Crippen molar-refractivity contribution in [3.63, 3.8) is 0 Å². The topological polar surface area (TPSA) is 96.5 Å². The van der Waals surface area contributed by atoms with Crippen molar-refractivity contribution in [3.8, 4) is 11.4 Å². The second kappa shape index (κ2) is 8.55. The van der Waals surface area contributed by atoms with Gasteiger partial charge in [-0.3, -0.25) is 9.59 Å². The molecule has 2 rings (SSSR count). The fourth-order valence-electron chi connectivity index (χ4n) is 2.47. The third-order valence-corrected chi connectivity index (χ3v) is 4.19. The second-order valence-electron chi connectivity index (χ2n) is 6.15. The third-order valence-electron chi connectivity index (χ3n) is 4.19. The van der Waals surface area contributed by atoms with Crippen LogP contribution in [0.5, 0.6) is 0 Å². The molecule has 1 atom stereocenters. The Morgan fingerprint density at radius 3 is 2.73 bits per heavy atom. The number of hydrogen-bond acceptors (Lipinski definition) is 5. The number of amides is 1. The normalized spacial score (nSPS) is 12.0. The minimum Gasteiger partial charge on any atom is -0.480 e. The molecule has 8 heteroatoms. The van der Waals surface area contributed by atoms with Crippen molar-refractivity contribution >= 4 is 11.9 Å². The fraction of sp³-hybridized carbons (Fsp3) is 0.444. The van der Waals surface area contributed by atoms with Crippen LogP contribution in [0.4, 0.5) is 4.39 Å². The zero-order chi connectivity index (χ0) is 19.3. The Bertz CT molecular complexity index is 790. The number of halogens is 1. The lowest BCUT2D eigenvalue weighted by Gasteiger charge is -2.26. The van der Waals surface area contributed by atoms with Crippen LogP contribution in [0.1, 0.15) is 38.1 Å². The van der Waals surface area contributed by atoms with Gasteiger partial charge < -0.3 is 14.5 Å². The standard InChI is InChI=1S/C18H22FN3O4/c1-4-12(3)22(10-17(24)25)16(23)8-7-15-20-18(21-26-15)13-5-6-14(19)11(2)9-13/h5-6,9,12H,4,7-8,10H2,1-3H3,(H,24,25). The minimum atomic E-state index is -1.05. The number of aliphatic carboxylic acids is 1. The Balaban J connectivity index is 2.03. The molecule has 0 aliphatic heterocycles. The number of carboxylic acids is 1. The molecule has 1 unspecified atom stereocenters. The van der Waals surface area contributed by atoms with Gasteiger partial charge in [-0.15, -0.1) is 0 Å². The van der Waals surface area contributed by atoms with Crippen LogP contribution in [0.25, 0.3) is 11.4 Å². The molecule has 0 bridgehead atoms. The van der Waals surface area contributed by atoms with Gasteiger partial charge in [0.15, 0.2) is 0 Å². The maximum Gasteiger partial charge on any atom is 0.323 e. The lowest BCUT2D eigenvalue weighted by Crippen LogP contribution is -2.41. The molecule has 0 spiro atoms. The van der Waals surface area contributed by atoms with Gasteiger partial charge in [0.1, 0.15) is 12.4 Å². The molecule has 1 N–H and O–H groups in total. The van der Waals surface area contributed by atoms with Gasteiger partial charge in [0.05, 0.1) is 0 Å². The first-order valence-corrected chi connectivity index (χ1v) is 8.42. The Kier molecular flexibility index (Phi) is 6.43. The van der Waals surface area contributed by atoms with Gasteiger partial charge in [0.25, 0.3) is 0 Å². The van der Waals surface area contributed by atoms with Crippen LogP contribution in [0, 0.1) is 12.7 Å². The zero-order valence-corrected chi connectivity index (χ0v) is 15.0. The molecule has 7 nitrogen and oxygen atoms in total. The number of carbonyl (C=O) groups excluding carboxylic acids is 1. The number of carboxylic acid groups (broad SMARTS) is 1. The van der Waals surface area contributed by atoms with Crippen molar-refractivity contribution in [2.45, 2.75) is 46.1 Å². The molecule has 0 radical (unpaired) electrons. The number of carbonyl (C=O) groups is 2. The summed E-state index contributed by atoms with van der Waals surface area (Å²) in [5.74, 6) is -1.05. The lowest BCUT2D eigenvalue weighted by molar-refractivity contribution is -0.146. The van der Waals surface area contributed by atoms with E-state index in [4.69, 9.17) is 9.63 Å². The molecule has 1 aromatic carbocycles. The number of hydrogen-bond donors (Lipinski definition) is 1. The SMILES string of the molecule is CCC(C)N(CC(=O)O)C(=O)CCc1nc(-c2ccc(F)c(C)c2)no1. The van der Waals surface area contributed by atoms with Gasteiger partial charge in [-0.1, -0.05) is 12.1 Å². The van der Waals surface area contributed by atoms with Crippen LogP contribution < -0.4 is 0 Å². The van der Waals surface area contributed by atoms with Crippen LogP contribution in [-0.4, -0.2) is 44.6 Å². The van der Waals surface area contributed by atoms with E-state index in [-0.39, 0.29) is 43.0 Å². The summed E-state index contributed by atoms with van der Waals surface area (Å²) in [6, 6.07) is 4.34. The van der Waals surface area contributed by atoms with E-state index >= 15 is 0 Å². The molecule has 0 aliphatic rings. The Morgan fingerprint density at radius 2 is 2.12 bits per heavy atom. The average Bonchev–Trinajstić information content (AvgIpc) is 3.08. The zero-order valence-electron chi connectivity index (χ0n) is 15.0. The Hall–Kier alpha value is -2.77. The first kappa shape index (κ1) is 19.6. The molecular weight excluding hydrogens is 341 g/mol. The van der Waals surface area contributed by atoms with E-state index in [9.17, 15) is 14.0 Å². The minimum absolute atomic E-state index is 0.0711. The lowest BCUT2D eigenvalue weighted by atomic mass is 10.1. The molecule has 0 saturated carbocycles. The largest absolute Gasteiger partial charge is 0.480 e.